The number of benzene rings is 3. The van der Waals surface area contributed by atoms with E-state index in [1.165, 1.54) is 42.4 Å². The van der Waals surface area contributed by atoms with Crippen LogP contribution in [0, 0.1) is 11.6 Å². The molecule has 1 amide bonds. The maximum Gasteiger partial charge on any atom is 0.303 e. The van der Waals surface area contributed by atoms with Gasteiger partial charge >= 0.3 is 5.97 Å². The van der Waals surface area contributed by atoms with Crippen molar-refractivity contribution in [1.29, 1.82) is 0 Å². The van der Waals surface area contributed by atoms with Gasteiger partial charge in [0.2, 0.25) is 5.91 Å². The van der Waals surface area contributed by atoms with E-state index in [4.69, 9.17) is 4.74 Å². The highest BCUT2D eigenvalue weighted by atomic mass is 32.2. The summed E-state index contributed by atoms with van der Waals surface area (Å²) in [5.41, 5.74) is 2.03. The quantitative estimate of drug-likeness (QED) is 0.205. The molecule has 0 spiro atoms. The van der Waals surface area contributed by atoms with Gasteiger partial charge in [-0.3, -0.25) is 9.59 Å². The molecular weight excluding hydrogens is 654 g/mol. The zero-order valence-electron chi connectivity index (χ0n) is 27.1. The molecule has 0 aliphatic carbocycles. The number of nitrogens with one attached hydrogen (secondary N) is 2. The third-order valence-electron chi connectivity index (χ3n) is 9.31. The number of halogens is 2. The molecule has 5 aromatic rings. The number of aromatic nitrogens is 3. The second-order valence-corrected chi connectivity index (χ2v) is 14.9. The average molecular weight is 691 g/mol. The van der Waals surface area contributed by atoms with Crippen LogP contribution in [0.2, 0.25) is 0 Å². The predicted molar refractivity (Wildman–Crippen MR) is 180 cm³/mol. The zero-order chi connectivity index (χ0) is 34.9. The molecule has 1 aliphatic heterocycles. The number of aromatic amines is 2. The highest BCUT2D eigenvalue weighted by Gasteiger charge is 2.34. The number of aliphatic carboxylic acids is 1. The molecule has 3 aromatic carbocycles. The van der Waals surface area contributed by atoms with Gasteiger partial charge in [0.05, 0.1) is 17.1 Å². The number of sulfone groups is 1. The minimum absolute atomic E-state index is 0.0313. The Labute approximate surface area is 282 Å². The van der Waals surface area contributed by atoms with Crippen molar-refractivity contribution >= 4 is 32.6 Å². The number of carboxylic acid groups (broad SMARTS) is 1. The average Bonchev–Trinajstić information content (AvgIpc) is 3.76. The zero-order valence-corrected chi connectivity index (χ0v) is 27.9. The molecule has 0 fully saturated rings. The number of carboxylic acids is 1. The van der Waals surface area contributed by atoms with Gasteiger partial charge in [-0.15, -0.1) is 0 Å². The van der Waals surface area contributed by atoms with Gasteiger partial charge in [0.25, 0.3) is 0 Å². The molecule has 1 atom stereocenters. The number of hydrogen-bond donors (Lipinski definition) is 3. The number of rotatable bonds is 4. The second kappa shape index (κ2) is 13.5. The number of amides is 1. The van der Waals surface area contributed by atoms with E-state index in [9.17, 15) is 23.1 Å². The Morgan fingerprint density at radius 3 is 2.69 bits per heavy atom. The number of H-pyrrole nitrogens is 2. The summed E-state index contributed by atoms with van der Waals surface area (Å²) in [6.45, 7) is 1.82. The smallest absolute Gasteiger partial charge is 0.303 e. The SMILES string of the molecule is CN1CCS(=O)(=O)CCC(C)(c2cccc(CCC(=O)O)c2)c2cnc([nH]2)-c2cc(ccc2F)Oc2c(F)cc3[nH]ccc3c2CCC1=O. The Kier molecular flexibility index (Phi) is 9.30. The Bertz CT molecular complexity index is 2160. The van der Waals surface area contributed by atoms with Crippen LogP contribution in [0.1, 0.15) is 48.6 Å². The number of carbonyl (C=O) groups is 2. The molecule has 256 valence electrons. The Hall–Kier alpha value is -5.04. The number of nitrogens with zero attached hydrogens (tertiary/aromatic N) is 2. The van der Waals surface area contributed by atoms with Crippen molar-refractivity contribution in [2.24, 2.45) is 0 Å². The van der Waals surface area contributed by atoms with Gasteiger partial charge in [-0.05, 0) is 61.6 Å². The lowest BCUT2D eigenvalue weighted by Gasteiger charge is -2.30. The van der Waals surface area contributed by atoms with Crippen molar-refractivity contribution in [2.75, 3.05) is 25.1 Å². The van der Waals surface area contributed by atoms with Gasteiger partial charge in [0, 0.05) is 72.5 Å². The summed E-state index contributed by atoms with van der Waals surface area (Å²) in [6, 6.07) is 14.3. The van der Waals surface area contributed by atoms with Gasteiger partial charge in [-0.2, -0.15) is 0 Å². The van der Waals surface area contributed by atoms with Crippen LogP contribution < -0.4 is 4.74 Å². The minimum atomic E-state index is -3.68. The standard InChI is InChI=1S/C36H36F2N4O6S/c1-36(23-5-3-4-22(18-23)6-11-33(44)45)13-16-49(46,47)17-15-42(2)32(43)10-8-26-25-12-14-39-30(25)20-29(38)34(26)48-24-7-9-28(37)27(19-24)35-40-21-31(36)41-35/h3-5,7,9,12,14,18-21,39H,6,8,10-11,13,15-17H2,1-2H3,(H,40,41)(H,44,45). The number of fused-ring (bicyclic) bond motifs is 8. The van der Waals surface area contributed by atoms with Crippen molar-refractivity contribution in [3.05, 3.63) is 101 Å². The van der Waals surface area contributed by atoms with Crippen LogP contribution in [0.15, 0.2) is 67.0 Å². The lowest BCUT2D eigenvalue weighted by molar-refractivity contribution is -0.137. The van der Waals surface area contributed by atoms with E-state index in [2.05, 4.69) is 15.0 Å². The fraction of sp³-hybridized carbons (Fsp3) is 0.306. The fourth-order valence-electron chi connectivity index (χ4n) is 6.23. The normalized spacial score (nSPS) is 18.6. The van der Waals surface area contributed by atoms with E-state index in [0.717, 1.165) is 11.1 Å². The van der Waals surface area contributed by atoms with Crippen LogP contribution in [0.5, 0.6) is 11.5 Å². The number of ether oxygens (including phenoxy) is 1. The van der Waals surface area contributed by atoms with Crippen molar-refractivity contribution < 1.29 is 36.6 Å². The molecule has 2 aromatic heterocycles. The molecule has 13 heteroatoms. The Morgan fingerprint density at radius 1 is 1.08 bits per heavy atom. The largest absolute Gasteiger partial charge is 0.481 e. The topological polar surface area (TPSA) is 145 Å². The van der Waals surface area contributed by atoms with Crippen LogP contribution in [-0.2, 0) is 37.7 Å². The van der Waals surface area contributed by atoms with Gasteiger partial charge in [0.1, 0.15) is 17.4 Å². The predicted octanol–water partition coefficient (Wildman–Crippen LogP) is 6.16. The maximum absolute atomic E-state index is 15.6. The molecule has 3 heterocycles. The molecule has 6 rings (SSSR count). The summed E-state index contributed by atoms with van der Waals surface area (Å²) in [6.07, 6.45) is 3.58. The molecule has 1 unspecified atom stereocenters. The van der Waals surface area contributed by atoms with E-state index < -0.39 is 32.9 Å². The lowest BCUT2D eigenvalue weighted by Crippen LogP contribution is -2.34. The van der Waals surface area contributed by atoms with Gasteiger partial charge < -0.3 is 24.7 Å². The summed E-state index contributed by atoms with van der Waals surface area (Å²) < 4.78 is 63.9. The highest BCUT2D eigenvalue weighted by Crippen LogP contribution is 2.39. The molecular formula is C36H36F2N4O6S. The summed E-state index contributed by atoms with van der Waals surface area (Å²) in [5.74, 6) is -2.84. The molecule has 0 saturated heterocycles. The Morgan fingerprint density at radius 2 is 1.90 bits per heavy atom. The van der Waals surface area contributed by atoms with Crippen LogP contribution >= 0.6 is 0 Å². The minimum Gasteiger partial charge on any atom is -0.481 e. The first-order valence-corrected chi connectivity index (χ1v) is 17.7. The summed E-state index contributed by atoms with van der Waals surface area (Å²) in [7, 11) is -2.14. The monoisotopic (exact) mass is 690 g/mol. The first-order chi connectivity index (χ1) is 23.3. The van der Waals surface area contributed by atoms with Crippen LogP contribution in [0.3, 0.4) is 0 Å². The van der Waals surface area contributed by atoms with Crippen LogP contribution in [-0.4, -0.2) is 70.4 Å². The summed E-state index contributed by atoms with van der Waals surface area (Å²) in [4.78, 5) is 36.5. The highest BCUT2D eigenvalue weighted by molar-refractivity contribution is 7.91. The fourth-order valence-corrected chi connectivity index (χ4v) is 7.70. The first-order valence-electron chi connectivity index (χ1n) is 15.9. The molecule has 0 radical (unpaired) electrons. The second-order valence-electron chi connectivity index (χ2n) is 12.6. The van der Waals surface area contributed by atoms with E-state index in [1.807, 2.05) is 25.1 Å². The molecule has 10 nitrogen and oxygen atoms in total. The molecule has 1 aliphatic rings. The third kappa shape index (κ3) is 7.21. The number of hydrogen-bond acceptors (Lipinski definition) is 6. The van der Waals surface area contributed by atoms with E-state index in [1.54, 1.807) is 18.3 Å². The van der Waals surface area contributed by atoms with Gasteiger partial charge in [-0.1, -0.05) is 24.3 Å². The summed E-state index contributed by atoms with van der Waals surface area (Å²) >= 11 is 0. The molecule has 4 bridgehead atoms. The molecule has 3 N–H and O–H groups in total. The van der Waals surface area contributed by atoms with E-state index in [-0.39, 0.29) is 78.9 Å². The number of carbonyl (C=O) groups excluding carboxylic acids is 1. The van der Waals surface area contributed by atoms with Crippen LogP contribution in [0.4, 0.5) is 8.78 Å². The van der Waals surface area contributed by atoms with Crippen molar-refractivity contribution in [1.82, 2.24) is 19.9 Å². The number of imidazole rings is 1. The van der Waals surface area contributed by atoms with Gasteiger partial charge in [0.15, 0.2) is 21.4 Å². The Balaban J connectivity index is 1.46. The van der Waals surface area contributed by atoms with E-state index >= 15 is 8.78 Å². The lowest BCUT2D eigenvalue weighted by atomic mass is 9.77. The van der Waals surface area contributed by atoms with Crippen molar-refractivity contribution in [2.45, 2.75) is 44.4 Å². The number of aryl methyl sites for hydroxylation is 2. The van der Waals surface area contributed by atoms with Crippen molar-refractivity contribution in [3.8, 4) is 22.9 Å². The van der Waals surface area contributed by atoms with Crippen molar-refractivity contribution in [3.63, 3.8) is 0 Å². The first kappa shape index (κ1) is 33.8. The maximum atomic E-state index is 15.6. The molecule has 49 heavy (non-hydrogen) atoms. The van der Waals surface area contributed by atoms with Crippen LogP contribution in [0.25, 0.3) is 22.3 Å². The van der Waals surface area contributed by atoms with E-state index in [0.29, 0.717) is 22.2 Å². The molecule has 0 saturated carbocycles. The van der Waals surface area contributed by atoms with Gasteiger partial charge in [-0.25, -0.2) is 22.2 Å². The summed E-state index contributed by atoms with van der Waals surface area (Å²) in [5, 5.41) is 9.87. The third-order valence-corrected chi connectivity index (χ3v) is 10.9.